The molecule has 0 saturated carbocycles. The van der Waals surface area contributed by atoms with Crippen LogP contribution >= 0.6 is 0 Å². The smallest absolute Gasteiger partial charge is 0.0132 e. The van der Waals surface area contributed by atoms with Crippen molar-refractivity contribution in [3.8, 4) is 0 Å². The van der Waals surface area contributed by atoms with Gasteiger partial charge in [0.15, 0.2) is 0 Å². The van der Waals surface area contributed by atoms with Crippen molar-refractivity contribution in [2.24, 2.45) is 11.8 Å². The van der Waals surface area contributed by atoms with Gasteiger partial charge in [0.1, 0.15) is 0 Å². The Morgan fingerprint density at radius 1 is 0.842 bits per heavy atom. The van der Waals surface area contributed by atoms with Crippen LogP contribution in [0.1, 0.15) is 78.4 Å². The highest BCUT2D eigenvalue weighted by Crippen LogP contribution is 2.32. The Hall–Kier alpha value is -0.780. The summed E-state index contributed by atoms with van der Waals surface area (Å²) in [4.78, 5) is 0. The van der Waals surface area contributed by atoms with Crippen molar-refractivity contribution in [1.29, 1.82) is 0 Å². The van der Waals surface area contributed by atoms with Crippen molar-refractivity contribution in [1.82, 2.24) is 0 Å². The monoisotopic (exact) mass is 260 g/mol. The molecule has 0 amide bonds. The first-order valence-electron chi connectivity index (χ1n) is 7.82. The van der Waals surface area contributed by atoms with Crippen LogP contribution in [0, 0.1) is 11.8 Å². The Morgan fingerprint density at radius 2 is 1.37 bits per heavy atom. The standard InChI is InChI=1S/C19H32/c1-14(2)8-13-18(15(3)4)16-9-11-17(12-10-16)19(5,6)7/h9-12,14-15,18H,8,13H2,1-7H3. The fraction of sp³-hybridized carbons (Fsp3) is 0.684. The van der Waals surface area contributed by atoms with Gasteiger partial charge < -0.3 is 0 Å². The summed E-state index contributed by atoms with van der Waals surface area (Å²) in [6, 6.07) is 9.34. The minimum atomic E-state index is 0.254. The Balaban J connectivity index is 2.86. The first-order valence-corrected chi connectivity index (χ1v) is 7.82. The van der Waals surface area contributed by atoms with Crippen LogP contribution in [0.25, 0.3) is 0 Å². The van der Waals surface area contributed by atoms with Crippen molar-refractivity contribution in [2.75, 3.05) is 0 Å². The summed E-state index contributed by atoms with van der Waals surface area (Å²) < 4.78 is 0. The quantitative estimate of drug-likeness (QED) is 0.594. The summed E-state index contributed by atoms with van der Waals surface area (Å²) >= 11 is 0. The second-order valence-corrected chi connectivity index (χ2v) is 7.69. The second kappa shape index (κ2) is 6.59. The topological polar surface area (TPSA) is 0 Å². The average Bonchev–Trinajstić information content (AvgIpc) is 2.27. The third-order valence-electron chi connectivity index (χ3n) is 4.06. The molecule has 0 aliphatic rings. The van der Waals surface area contributed by atoms with Crippen LogP contribution < -0.4 is 0 Å². The van der Waals surface area contributed by atoms with Crippen LogP contribution in [-0.2, 0) is 5.41 Å². The normalized spacial score (nSPS) is 14.2. The van der Waals surface area contributed by atoms with Gasteiger partial charge >= 0.3 is 0 Å². The van der Waals surface area contributed by atoms with Gasteiger partial charge in [0.05, 0.1) is 0 Å². The molecule has 0 heterocycles. The van der Waals surface area contributed by atoms with E-state index in [4.69, 9.17) is 0 Å². The van der Waals surface area contributed by atoms with Crippen LogP contribution in [0.3, 0.4) is 0 Å². The molecule has 0 radical (unpaired) electrons. The predicted octanol–water partition coefficient (Wildman–Crippen LogP) is 6.16. The SMILES string of the molecule is CC(C)CCC(c1ccc(C(C)(C)C)cc1)C(C)C. The van der Waals surface area contributed by atoms with Gasteiger partial charge in [-0.2, -0.15) is 0 Å². The Morgan fingerprint density at radius 3 is 1.74 bits per heavy atom. The van der Waals surface area contributed by atoms with Crippen molar-refractivity contribution in [3.63, 3.8) is 0 Å². The van der Waals surface area contributed by atoms with E-state index in [0.29, 0.717) is 5.92 Å². The zero-order valence-corrected chi connectivity index (χ0v) is 14.0. The number of rotatable bonds is 5. The summed E-state index contributed by atoms with van der Waals surface area (Å²) in [5.41, 5.74) is 3.20. The minimum absolute atomic E-state index is 0.254. The van der Waals surface area contributed by atoms with E-state index in [9.17, 15) is 0 Å². The fourth-order valence-electron chi connectivity index (χ4n) is 2.63. The van der Waals surface area contributed by atoms with Crippen LogP contribution in [-0.4, -0.2) is 0 Å². The maximum Gasteiger partial charge on any atom is -0.0132 e. The lowest BCUT2D eigenvalue weighted by Crippen LogP contribution is -2.12. The van der Waals surface area contributed by atoms with Gasteiger partial charge in [-0.3, -0.25) is 0 Å². The van der Waals surface area contributed by atoms with Gasteiger partial charge in [-0.15, -0.1) is 0 Å². The van der Waals surface area contributed by atoms with E-state index >= 15 is 0 Å². The Bertz CT molecular complexity index is 362. The van der Waals surface area contributed by atoms with Gasteiger partial charge in [0, 0.05) is 0 Å². The van der Waals surface area contributed by atoms with Gasteiger partial charge in [-0.25, -0.2) is 0 Å². The molecule has 0 N–H and O–H groups in total. The van der Waals surface area contributed by atoms with Gasteiger partial charge in [-0.05, 0) is 40.7 Å². The molecule has 0 fully saturated rings. The molecule has 0 saturated heterocycles. The lowest BCUT2D eigenvalue weighted by atomic mass is 9.81. The molecule has 0 bridgehead atoms. The molecule has 0 nitrogen and oxygen atoms in total. The predicted molar refractivity (Wildman–Crippen MR) is 86.8 cm³/mol. The number of benzene rings is 1. The van der Waals surface area contributed by atoms with Crippen molar-refractivity contribution in [2.45, 2.75) is 72.6 Å². The summed E-state index contributed by atoms with van der Waals surface area (Å²) in [5.74, 6) is 2.23. The molecular formula is C19H32. The zero-order chi connectivity index (χ0) is 14.6. The molecule has 0 aliphatic carbocycles. The maximum atomic E-state index is 2.35. The third kappa shape index (κ3) is 5.01. The summed E-state index contributed by atoms with van der Waals surface area (Å²) in [5, 5.41) is 0. The molecule has 0 spiro atoms. The van der Waals surface area contributed by atoms with Crippen molar-refractivity contribution >= 4 is 0 Å². The van der Waals surface area contributed by atoms with Crippen molar-refractivity contribution < 1.29 is 0 Å². The van der Waals surface area contributed by atoms with E-state index in [-0.39, 0.29) is 5.41 Å². The molecule has 1 unspecified atom stereocenters. The minimum Gasteiger partial charge on any atom is -0.0628 e. The largest absolute Gasteiger partial charge is 0.0628 e. The maximum absolute atomic E-state index is 2.35. The lowest BCUT2D eigenvalue weighted by molar-refractivity contribution is 0.419. The molecule has 108 valence electrons. The molecule has 1 aromatic rings. The molecule has 0 aromatic heterocycles. The average molecular weight is 260 g/mol. The Labute approximate surface area is 120 Å². The number of hydrogen-bond acceptors (Lipinski definition) is 0. The second-order valence-electron chi connectivity index (χ2n) is 7.69. The van der Waals surface area contributed by atoms with Crippen LogP contribution in [0.5, 0.6) is 0 Å². The highest BCUT2D eigenvalue weighted by Gasteiger charge is 2.18. The van der Waals surface area contributed by atoms with Crippen LogP contribution in [0.4, 0.5) is 0 Å². The summed E-state index contributed by atoms with van der Waals surface area (Å²) in [6.45, 7) is 16.2. The van der Waals surface area contributed by atoms with Crippen LogP contribution in [0.15, 0.2) is 24.3 Å². The molecular weight excluding hydrogens is 228 g/mol. The van der Waals surface area contributed by atoms with Gasteiger partial charge in [0.25, 0.3) is 0 Å². The van der Waals surface area contributed by atoms with E-state index < -0.39 is 0 Å². The zero-order valence-electron chi connectivity index (χ0n) is 14.0. The van der Waals surface area contributed by atoms with E-state index in [1.54, 1.807) is 0 Å². The third-order valence-corrected chi connectivity index (χ3v) is 4.06. The molecule has 19 heavy (non-hydrogen) atoms. The summed E-state index contributed by atoms with van der Waals surface area (Å²) in [6.07, 6.45) is 2.63. The molecule has 0 aliphatic heterocycles. The lowest BCUT2D eigenvalue weighted by Gasteiger charge is -2.24. The van der Waals surface area contributed by atoms with E-state index in [1.807, 2.05) is 0 Å². The van der Waals surface area contributed by atoms with E-state index in [1.165, 1.54) is 24.0 Å². The molecule has 1 rings (SSSR count). The first-order chi connectivity index (χ1) is 8.71. The van der Waals surface area contributed by atoms with E-state index in [0.717, 1.165) is 11.8 Å². The Kier molecular flexibility index (Phi) is 5.64. The van der Waals surface area contributed by atoms with Gasteiger partial charge in [-0.1, -0.05) is 79.2 Å². The molecule has 0 heteroatoms. The summed E-state index contributed by atoms with van der Waals surface area (Å²) in [7, 11) is 0. The molecule has 1 atom stereocenters. The van der Waals surface area contributed by atoms with E-state index in [2.05, 4.69) is 72.7 Å². The number of hydrogen-bond donors (Lipinski definition) is 0. The highest BCUT2D eigenvalue weighted by molar-refractivity contribution is 5.29. The van der Waals surface area contributed by atoms with Crippen LogP contribution in [0.2, 0.25) is 0 Å². The highest BCUT2D eigenvalue weighted by atomic mass is 14.2. The van der Waals surface area contributed by atoms with Gasteiger partial charge in [0.2, 0.25) is 0 Å². The fourth-order valence-corrected chi connectivity index (χ4v) is 2.63. The molecule has 1 aromatic carbocycles. The van der Waals surface area contributed by atoms with Crippen molar-refractivity contribution in [3.05, 3.63) is 35.4 Å². The first kappa shape index (κ1) is 16.3.